The van der Waals surface area contributed by atoms with E-state index in [0.717, 1.165) is 11.8 Å². The molecule has 1 aromatic rings. The van der Waals surface area contributed by atoms with Crippen LogP contribution in [-0.2, 0) is 11.2 Å². The second-order valence-corrected chi connectivity index (χ2v) is 6.92. The highest BCUT2D eigenvalue weighted by Crippen LogP contribution is 2.20. The topological polar surface area (TPSA) is 84.6 Å². The van der Waals surface area contributed by atoms with E-state index < -0.39 is 0 Å². The molecule has 0 fully saturated rings. The van der Waals surface area contributed by atoms with Gasteiger partial charge in [-0.15, -0.1) is 24.0 Å². The van der Waals surface area contributed by atoms with Crippen molar-refractivity contribution in [1.29, 1.82) is 0 Å². The van der Waals surface area contributed by atoms with Gasteiger partial charge in [0.2, 0.25) is 5.89 Å². The Bertz CT molecular complexity index is 497. The molecule has 0 bridgehead atoms. The Kier molecular flexibility index (Phi) is 10.5. The molecule has 0 spiro atoms. The predicted molar refractivity (Wildman–Crippen MR) is 107 cm³/mol. The maximum absolute atomic E-state index is 5.53. The first kappa shape index (κ1) is 23.1. The van der Waals surface area contributed by atoms with Crippen molar-refractivity contribution in [3.63, 3.8) is 0 Å². The lowest BCUT2D eigenvalue weighted by molar-refractivity contribution is 0.0205. The molecule has 1 unspecified atom stereocenters. The van der Waals surface area contributed by atoms with Crippen LogP contribution in [0.4, 0.5) is 0 Å². The third-order valence-corrected chi connectivity index (χ3v) is 3.56. The molecule has 0 aliphatic heterocycles. The van der Waals surface area contributed by atoms with E-state index in [4.69, 9.17) is 9.26 Å². The number of methoxy groups -OCH3 is 1. The van der Waals surface area contributed by atoms with Crippen molar-refractivity contribution >= 4 is 29.9 Å². The van der Waals surface area contributed by atoms with Crippen molar-refractivity contribution in [3.05, 3.63) is 11.7 Å². The molecule has 0 aromatic carbocycles. The smallest absolute Gasteiger partial charge is 0.228 e. The van der Waals surface area contributed by atoms with Gasteiger partial charge in [-0.05, 0) is 5.41 Å². The van der Waals surface area contributed by atoms with Crippen molar-refractivity contribution in [2.24, 2.45) is 10.4 Å². The molecular formula is C16H32IN5O2. The third kappa shape index (κ3) is 7.78. The van der Waals surface area contributed by atoms with Crippen molar-refractivity contribution in [3.8, 4) is 0 Å². The van der Waals surface area contributed by atoms with Gasteiger partial charge in [0.1, 0.15) is 0 Å². The van der Waals surface area contributed by atoms with E-state index >= 15 is 0 Å². The number of rotatable bonds is 7. The molecule has 8 heteroatoms. The number of nitrogens with zero attached hydrogens (tertiary/aromatic N) is 3. The summed E-state index contributed by atoms with van der Waals surface area (Å²) >= 11 is 0. The lowest BCUT2D eigenvalue weighted by Crippen LogP contribution is -2.45. The van der Waals surface area contributed by atoms with E-state index in [1.807, 2.05) is 13.8 Å². The second kappa shape index (κ2) is 10.9. The molecule has 0 saturated heterocycles. The zero-order valence-electron chi connectivity index (χ0n) is 15.8. The van der Waals surface area contributed by atoms with Crippen LogP contribution in [0.1, 0.15) is 52.3 Å². The third-order valence-electron chi connectivity index (χ3n) is 3.56. The summed E-state index contributed by atoms with van der Waals surface area (Å²) in [5, 5.41) is 10.5. The van der Waals surface area contributed by atoms with Crippen molar-refractivity contribution in [2.75, 3.05) is 27.2 Å². The van der Waals surface area contributed by atoms with Crippen LogP contribution >= 0.6 is 24.0 Å². The summed E-state index contributed by atoms with van der Waals surface area (Å²) in [5.74, 6) is 2.40. The fourth-order valence-electron chi connectivity index (χ4n) is 2.04. The number of ether oxygens (including phenoxy) is 1. The number of guanidine groups is 1. The maximum atomic E-state index is 5.53. The van der Waals surface area contributed by atoms with E-state index in [9.17, 15) is 0 Å². The summed E-state index contributed by atoms with van der Waals surface area (Å²) in [5.41, 5.74) is 0.0671. The monoisotopic (exact) mass is 453 g/mol. The minimum absolute atomic E-state index is 0. The molecule has 1 atom stereocenters. The van der Waals surface area contributed by atoms with E-state index in [1.165, 1.54) is 0 Å². The normalized spacial score (nSPS) is 13.6. The van der Waals surface area contributed by atoms with Crippen LogP contribution in [-0.4, -0.2) is 49.5 Å². The van der Waals surface area contributed by atoms with Crippen LogP contribution in [0.25, 0.3) is 0 Å². The summed E-state index contributed by atoms with van der Waals surface area (Å²) in [6, 6.07) is 0. The minimum Gasteiger partial charge on any atom is -0.379 e. The maximum Gasteiger partial charge on any atom is 0.228 e. The lowest BCUT2D eigenvalue weighted by Gasteiger charge is -2.30. The molecule has 1 aromatic heterocycles. The number of halogens is 1. The Morgan fingerprint density at radius 3 is 2.42 bits per heavy atom. The molecule has 140 valence electrons. The summed E-state index contributed by atoms with van der Waals surface area (Å²) in [7, 11) is 3.48. The highest BCUT2D eigenvalue weighted by Gasteiger charge is 2.24. The van der Waals surface area contributed by atoms with Gasteiger partial charge in [-0.2, -0.15) is 4.98 Å². The Morgan fingerprint density at radius 2 is 1.96 bits per heavy atom. The zero-order chi connectivity index (χ0) is 17.5. The van der Waals surface area contributed by atoms with Crippen LogP contribution in [0, 0.1) is 5.41 Å². The van der Waals surface area contributed by atoms with Gasteiger partial charge in [-0.1, -0.05) is 39.8 Å². The first-order valence-electron chi connectivity index (χ1n) is 8.07. The number of hydrogen-bond acceptors (Lipinski definition) is 5. The Hall–Kier alpha value is -0.900. The largest absolute Gasteiger partial charge is 0.379 e. The van der Waals surface area contributed by atoms with Crippen LogP contribution in [0.2, 0.25) is 0 Å². The number of nitrogens with one attached hydrogen (secondary N) is 2. The molecule has 0 aliphatic carbocycles. The average Bonchev–Trinajstić information content (AvgIpc) is 2.93. The molecule has 1 rings (SSSR count). The summed E-state index contributed by atoms with van der Waals surface area (Å²) in [6.45, 7) is 11.9. The zero-order valence-corrected chi connectivity index (χ0v) is 18.2. The van der Waals surface area contributed by atoms with Gasteiger partial charge >= 0.3 is 0 Å². The number of aliphatic imine (C=N–C) groups is 1. The van der Waals surface area contributed by atoms with E-state index in [1.54, 1.807) is 14.2 Å². The summed E-state index contributed by atoms with van der Waals surface area (Å²) in [4.78, 5) is 8.57. The number of aromatic nitrogens is 2. The fourth-order valence-corrected chi connectivity index (χ4v) is 2.04. The number of hydrogen-bond donors (Lipinski definition) is 2. The van der Waals surface area contributed by atoms with Gasteiger partial charge in [-0.25, -0.2) is 0 Å². The summed E-state index contributed by atoms with van der Waals surface area (Å²) in [6.07, 6.45) is 0.763. The first-order valence-corrected chi connectivity index (χ1v) is 8.07. The molecule has 2 N–H and O–H groups in total. The van der Waals surface area contributed by atoms with Gasteiger partial charge in [0, 0.05) is 39.6 Å². The van der Waals surface area contributed by atoms with E-state index in [-0.39, 0.29) is 41.4 Å². The highest BCUT2D eigenvalue weighted by molar-refractivity contribution is 14.0. The predicted octanol–water partition coefficient (Wildman–Crippen LogP) is 2.58. The Labute approximate surface area is 162 Å². The van der Waals surface area contributed by atoms with E-state index in [0.29, 0.717) is 25.4 Å². The van der Waals surface area contributed by atoms with Gasteiger partial charge in [0.15, 0.2) is 11.8 Å². The van der Waals surface area contributed by atoms with Gasteiger partial charge in [0.05, 0.1) is 6.10 Å². The summed E-state index contributed by atoms with van der Waals surface area (Å²) < 4.78 is 10.8. The Morgan fingerprint density at radius 1 is 1.29 bits per heavy atom. The van der Waals surface area contributed by atoms with E-state index in [2.05, 4.69) is 46.5 Å². The molecule has 0 radical (unpaired) electrons. The quantitative estimate of drug-likeness (QED) is 0.375. The fraction of sp³-hybridized carbons (Fsp3) is 0.812. The van der Waals surface area contributed by atoms with Gasteiger partial charge in [-0.3, -0.25) is 4.99 Å². The average molecular weight is 453 g/mol. The minimum atomic E-state index is 0. The van der Waals surface area contributed by atoms with Crippen LogP contribution in [0.5, 0.6) is 0 Å². The molecule has 0 amide bonds. The van der Waals surface area contributed by atoms with Crippen LogP contribution in [0.3, 0.4) is 0 Å². The SMILES string of the molecule is CN=C(NCCc1nc(C(C)C)no1)NCC(OC)C(C)(C)C.I. The first-order chi connectivity index (χ1) is 10.8. The van der Waals surface area contributed by atoms with Crippen molar-refractivity contribution in [1.82, 2.24) is 20.8 Å². The van der Waals surface area contributed by atoms with Crippen molar-refractivity contribution < 1.29 is 9.26 Å². The van der Waals surface area contributed by atoms with Gasteiger partial charge in [0.25, 0.3) is 0 Å². The highest BCUT2D eigenvalue weighted by atomic mass is 127. The van der Waals surface area contributed by atoms with Crippen molar-refractivity contribution in [2.45, 2.75) is 53.1 Å². The lowest BCUT2D eigenvalue weighted by atomic mass is 9.89. The molecule has 7 nitrogen and oxygen atoms in total. The molecular weight excluding hydrogens is 421 g/mol. The molecule has 0 saturated carbocycles. The molecule has 0 aliphatic rings. The van der Waals surface area contributed by atoms with Crippen LogP contribution in [0.15, 0.2) is 9.52 Å². The standard InChI is InChI=1S/C16H31N5O2.HI/c1-11(2)14-20-13(23-21-14)8-9-18-15(17-6)19-10-12(22-7)16(3,4)5;/h11-12H,8-10H2,1-7H3,(H2,17,18,19);1H. The van der Waals surface area contributed by atoms with Crippen LogP contribution < -0.4 is 10.6 Å². The molecule has 24 heavy (non-hydrogen) atoms. The molecule has 1 heterocycles. The van der Waals surface area contributed by atoms with Gasteiger partial charge < -0.3 is 19.9 Å². The Balaban J connectivity index is 0.00000529. The second-order valence-electron chi connectivity index (χ2n) is 6.92.